The van der Waals surface area contributed by atoms with E-state index in [1.807, 2.05) is 36.4 Å². The lowest BCUT2D eigenvalue weighted by Gasteiger charge is -2.36. The summed E-state index contributed by atoms with van der Waals surface area (Å²) >= 11 is 0. The van der Waals surface area contributed by atoms with Crippen LogP contribution in [0.3, 0.4) is 0 Å². The van der Waals surface area contributed by atoms with Gasteiger partial charge in [-0.15, -0.1) is 0 Å². The Bertz CT molecular complexity index is 1420. The first-order valence-corrected chi connectivity index (χ1v) is 16.8. The number of anilines is 1. The third-order valence-electron chi connectivity index (χ3n) is 8.84. The molecule has 2 fully saturated rings. The number of piperazine rings is 1. The van der Waals surface area contributed by atoms with Gasteiger partial charge >= 0.3 is 12.1 Å². The number of aliphatic carboxylic acids is 1. The standard InChI is InChI=1S/C35H48N6O7/c1-4-5-9-22-48-35(47)41-20-18-40(19-21-41)34(46)28(12-13-31(42)43)37-32(44)30-24-27(23-29(36-30)25-10-7-6-8-11-25)39-16-14-26(15-17-39)33(45)38(2)3/h6-8,10-11,23-24,26,28H,4-5,9,12-22H2,1-3H3,(H,37,44)(H,42,43)/t28-/m0/s1. The minimum atomic E-state index is -1.10. The number of benzene rings is 1. The summed E-state index contributed by atoms with van der Waals surface area (Å²) in [6.07, 6.45) is 3.32. The molecule has 0 unspecified atom stereocenters. The molecule has 2 aliphatic rings. The van der Waals surface area contributed by atoms with Crippen LogP contribution in [0.25, 0.3) is 11.3 Å². The van der Waals surface area contributed by atoms with E-state index in [0.717, 1.165) is 30.5 Å². The summed E-state index contributed by atoms with van der Waals surface area (Å²) in [6.45, 7) is 4.70. The molecule has 2 N–H and O–H groups in total. The number of carbonyl (C=O) groups excluding carboxylic acids is 4. The lowest BCUT2D eigenvalue weighted by Crippen LogP contribution is -2.56. The number of aromatic nitrogens is 1. The number of unbranched alkanes of at least 4 members (excludes halogenated alkanes) is 2. The van der Waals surface area contributed by atoms with Gasteiger partial charge in [0.15, 0.2) is 0 Å². The van der Waals surface area contributed by atoms with Gasteiger partial charge in [0.1, 0.15) is 11.7 Å². The van der Waals surface area contributed by atoms with Crippen molar-refractivity contribution >= 4 is 35.5 Å². The van der Waals surface area contributed by atoms with Crippen molar-refractivity contribution in [3.63, 3.8) is 0 Å². The third-order valence-corrected chi connectivity index (χ3v) is 8.84. The number of hydrogen-bond acceptors (Lipinski definition) is 8. The van der Waals surface area contributed by atoms with Gasteiger partial charge in [-0.25, -0.2) is 9.78 Å². The summed E-state index contributed by atoms with van der Waals surface area (Å²) in [5.41, 5.74) is 2.26. The zero-order valence-electron chi connectivity index (χ0n) is 28.2. The highest BCUT2D eigenvalue weighted by Crippen LogP contribution is 2.29. The normalized spacial score (nSPS) is 15.9. The number of pyridine rings is 1. The maximum absolute atomic E-state index is 13.8. The molecule has 4 amide bonds. The zero-order valence-corrected chi connectivity index (χ0v) is 28.2. The van der Waals surface area contributed by atoms with Crippen molar-refractivity contribution in [2.45, 2.75) is 57.9 Å². The van der Waals surface area contributed by atoms with Crippen LogP contribution in [-0.4, -0.2) is 121 Å². The number of nitrogens with zero attached hydrogens (tertiary/aromatic N) is 5. The number of carbonyl (C=O) groups is 5. The second kappa shape index (κ2) is 17.5. The average Bonchev–Trinajstić information content (AvgIpc) is 3.11. The number of nitrogens with one attached hydrogen (secondary N) is 1. The fourth-order valence-corrected chi connectivity index (χ4v) is 6.01. The van der Waals surface area contributed by atoms with Crippen LogP contribution in [0.1, 0.15) is 62.4 Å². The van der Waals surface area contributed by atoms with E-state index >= 15 is 0 Å². The van der Waals surface area contributed by atoms with Crippen molar-refractivity contribution in [2.75, 3.05) is 64.9 Å². The monoisotopic (exact) mass is 664 g/mol. The second-order valence-electron chi connectivity index (χ2n) is 12.5. The first-order chi connectivity index (χ1) is 23.1. The van der Waals surface area contributed by atoms with Crippen LogP contribution < -0.4 is 10.2 Å². The van der Waals surface area contributed by atoms with Crippen LogP contribution in [0.4, 0.5) is 10.5 Å². The molecule has 13 heteroatoms. The van der Waals surface area contributed by atoms with Gasteiger partial charge in [-0.2, -0.15) is 0 Å². The molecule has 3 heterocycles. The van der Waals surface area contributed by atoms with Crippen LogP contribution in [0.2, 0.25) is 0 Å². The molecule has 0 spiro atoms. The smallest absolute Gasteiger partial charge is 0.409 e. The maximum Gasteiger partial charge on any atom is 0.409 e. The minimum absolute atomic E-state index is 0.0613. The molecule has 2 aromatic rings. The Balaban J connectivity index is 1.49. The Morgan fingerprint density at radius 1 is 0.958 bits per heavy atom. The van der Waals surface area contributed by atoms with Crippen LogP contribution in [0.15, 0.2) is 42.5 Å². The minimum Gasteiger partial charge on any atom is -0.481 e. The molecule has 4 rings (SSSR count). The second-order valence-corrected chi connectivity index (χ2v) is 12.5. The zero-order chi connectivity index (χ0) is 34.6. The Kier molecular flexibility index (Phi) is 13.2. The van der Waals surface area contributed by atoms with Crippen molar-refractivity contribution < 1.29 is 33.8 Å². The van der Waals surface area contributed by atoms with Crippen LogP contribution in [-0.2, 0) is 19.1 Å². The van der Waals surface area contributed by atoms with Crippen LogP contribution in [0.5, 0.6) is 0 Å². The average molecular weight is 665 g/mol. The number of rotatable bonds is 13. The van der Waals surface area contributed by atoms with Gasteiger partial charge in [-0.3, -0.25) is 19.2 Å². The summed E-state index contributed by atoms with van der Waals surface area (Å²) in [4.78, 5) is 75.4. The van der Waals surface area contributed by atoms with E-state index in [1.165, 1.54) is 0 Å². The molecule has 48 heavy (non-hydrogen) atoms. The summed E-state index contributed by atoms with van der Waals surface area (Å²) in [5.74, 6) is -2.04. The van der Waals surface area contributed by atoms with Crippen LogP contribution >= 0.6 is 0 Å². The lowest BCUT2D eigenvalue weighted by molar-refractivity contribution is -0.138. The molecular weight excluding hydrogens is 616 g/mol. The molecule has 2 aliphatic heterocycles. The fraction of sp³-hybridized carbons (Fsp3) is 0.543. The highest BCUT2D eigenvalue weighted by Gasteiger charge is 2.32. The number of carboxylic acids is 1. The van der Waals surface area contributed by atoms with E-state index in [0.29, 0.717) is 38.2 Å². The highest BCUT2D eigenvalue weighted by molar-refractivity contribution is 5.97. The molecule has 0 saturated carbocycles. The summed E-state index contributed by atoms with van der Waals surface area (Å²) < 4.78 is 5.35. The first kappa shape index (κ1) is 36.2. The van der Waals surface area contributed by atoms with Gasteiger partial charge in [-0.1, -0.05) is 50.1 Å². The molecule has 1 aromatic carbocycles. The van der Waals surface area contributed by atoms with Crippen molar-refractivity contribution in [3.05, 3.63) is 48.2 Å². The van der Waals surface area contributed by atoms with Crippen molar-refractivity contribution in [3.8, 4) is 11.3 Å². The quantitative estimate of drug-likeness (QED) is 0.307. The molecule has 2 saturated heterocycles. The molecule has 0 bridgehead atoms. The summed E-state index contributed by atoms with van der Waals surface area (Å²) in [6, 6.07) is 12.0. The molecule has 0 radical (unpaired) electrons. The van der Waals surface area contributed by atoms with Crippen molar-refractivity contribution in [2.24, 2.45) is 5.92 Å². The number of carboxylic acid groups (broad SMARTS) is 1. The van der Waals surface area contributed by atoms with Gasteiger partial charge in [0.05, 0.1) is 12.3 Å². The number of ether oxygens (including phenoxy) is 1. The van der Waals surface area contributed by atoms with Gasteiger partial charge in [0.2, 0.25) is 11.8 Å². The van der Waals surface area contributed by atoms with Gasteiger partial charge in [0, 0.05) is 77.0 Å². The van der Waals surface area contributed by atoms with E-state index in [1.54, 1.807) is 34.9 Å². The SMILES string of the molecule is CCCCCOC(=O)N1CCN(C(=O)[C@H](CCC(=O)O)NC(=O)c2cc(N3CCC(C(=O)N(C)C)CC3)cc(-c3ccccc3)n2)CC1. The number of piperidine rings is 1. The summed E-state index contributed by atoms with van der Waals surface area (Å²) in [7, 11) is 3.52. The topological polar surface area (TPSA) is 153 Å². The first-order valence-electron chi connectivity index (χ1n) is 16.8. The molecule has 1 aromatic heterocycles. The highest BCUT2D eigenvalue weighted by atomic mass is 16.6. The Morgan fingerprint density at radius 2 is 1.62 bits per heavy atom. The number of hydrogen-bond donors (Lipinski definition) is 2. The summed E-state index contributed by atoms with van der Waals surface area (Å²) in [5, 5.41) is 12.2. The van der Waals surface area contributed by atoms with Gasteiger partial charge in [-0.05, 0) is 37.8 Å². The predicted octanol–water partition coefficient (Wildman–Crippen LogP) is 3.49. The Hall–Kier alpha value is -4.68. The van der Waals surface area contributed by atoms with Gasteiger partial charge in [0.25, 0.3) is 5.91 Å². The Labute approximate surface area is 282 Å². The lowest BCUT2D eigenvalue weighted by atomic mass is 9.95. The van der Waals surface area contributed by atoms with Crippen LogP contribution in [0, 0.1) is 5.92 Å². The van der Waals surface area contributed by atoms with Crippen molar-refractivity contribution in [1.82, 2.24) is 25.0 Å². The van der Waals surface area contributed by atoms with E-state index in [9.17, 15) is 29.1 Å². The van der Waals surface area contributed by atoms with E-state index in [2.05, 4.69) is 22.1 Å². The molecular formula is C35H48N6O7. The van der Waals surface area contributed by atoms with E-state index < -0.39 is 29.9 Å². The molecule has 13 nitrogen and oxygen atoms in total. The van der Waals surface area contributed by atoms with Crippen molar-refractivity contribution in [1.29, 1.82) is 0 Å². The largest absolute Gasteiger partial charge is 0.481 e. The van der Waals surface area contributed by atoms with Gasteiger partial charge < -0.3 is 34.8 Å². The molecule has 1 atom stereocenters. The fourth-order valence-electron chi connectivity index (χ4n) is 6.01. The number of amides is 4. The van der Waals surface area contributed by atoms with E-state index in [-0.39, 0.29) is 56.5 Å². The predicted molar refractivity (Wildman–Crippen MR) is 180 cm³/mol. The van der Waals surface area contributed by atoms with E-state index in [4.69, 9.17) is 4.74 Å². The maximum atomic E-state index is 13.8. The Morgan fingerprint density at radius 3 is 2.25 bits per heavy atom. The molecule has 260 valence electrons. The molecule has 0 aliphatic carbocycles. The third kappa shape index (κ3) is 9.91.